The lowest BCUT2D eigenvalue weighted by molar-refractivity contribution is -0.384. The molecular weight excluding hydrogens is 310 g/mol. The molecule has 2 aromatic carbocycles. The lowest BCUT2D eigenvalue weighted by Crippen LogP contribution is -2.24. The van der Waals surface area contributed by atoms with Gasteiger partial charge in [0.05, 0.1) is 17.7 Å². The number of non-ortho nitro benzene ring substituents is 1. The molecule has 2 rings (SSSR count). The number of nitrogens with one attached hydrogen (secondary N) is 2. The number of amides is 2. The zero-order chi connectivity index (χ0) is 17.5. The summed E-state index contributed by atoms with van der Waals surface area (Å²) < 4.78 is 5.08. The molecule has 124 valence electrons. The Labute approximate surface area is 139 Å². The molecule has 7 heteroatoms. The minimum absolute atomic E-state index is 0.138. The average molecular weight is 327 g/mol. The Kier molecular flexibility index (Phi) is 5.51. The number of nitrogens with zero attached hydrogens (tertiary/aromatic N) is 1. The molecule has 0 aromatic heterocycles. The van der Waals surface area contributed by atoms with Gasteiger partial charge in [-0.25, -0.2) is 4.79 Å². The number of carbonyl (C=O) groups excluding carboxylic acids is 1. The molecule has 0 aliphatic carbocycles. The number of hydrogen-bond donors (Lipinski definition) is 2. The van der Waals surface area contributed by atoms with Crippen LogP contribution in [0.2, 0.25) is 0 Å². The SMILES string of the molecule is COc1ccc([N+](=O)[O-])cc1NC(=O)N/C=C/c1cccc(C)c1. The third kappa shape index (κ3) is 4.57. The molecule has 0 aliphatic rings. The summed E-state index contributed by atoms with van der Waals surface area (Å²) in [5.74, 6) is 0.332. The second kappa shape index (κ2) is 7.77. The van der Waals surface area contributed by atoms with E-state index >= 15 is 0 Å². The van der Waals surface area contributed by atoms with E-state index in [-0.39, 0.29) is 11.4 Å². The first-order valence-corrected chi connectivity index (χ1v) is 7.13. The van der Waals surface area contributed by atoms with Crippen molar-refractivity contribution >= 4 is 23.5 Å². The van der Waals surface area contributed by atoms with Crippen molar-refractivity contribution in [3.8, 4) is 5.75 Å². The van der Waals surface area contributed by atoms with Crippen LogP contribution in [0.5, 0.6) is 5.75 Å². The number of hydrogen-bond acceptors (Lipinski definition) is 4. The average Bonchev–Trinajstić information content (AvgIpc) is 2.54. The molecule has 2 amide bonds. The fraction of sp³-hybridized carbons (Fsp3) is 0.118. The summed E-state index contributed by atoms with van der Waals surface area (Å²) in [5.41, 5.74) is 2.14. The Morgan fingerprint density at radius 1 is 1.25 bits per heavy atom. The van der Waals surface area contributed by atoms with Crippen molar-refractivity contribution in [1.29, 1.82) is 0 Å². The van der Waals surface area contributed by atoms with Gasteiger partial charge in [0.2, 0.25) is 0 Å². The second-order valence-corrected chi connectivity index (χ2v) is 4.99. The summed E-state index contributed by atoms with van der Waals surface area (Å²) in [6.45, 7) is 1.98. The van der Waals surface area contributed by atoms with E-state index in [0.717, 1.165) is 11.1 Å². The topological polar surface area (TPSA) is 93.5 Å². The van der Waals surface area contributed by atoms with Crippen LogP contribution in [0.15, 0.2) is 48.7 Å². The minimum Gasteiger partial charge on any atom is -0.495 e. The van der Waals surface area contributed by atoms with Gasteiger partial charge in [0, 0.05) is 18.3 Å². The zero-order valence-corrected chi connectivity index (χ0v) is 13.3. The lowest BCUT2D eigenvalue weighted by Gasteiger charge is -2.09. The fourth-order valence-corrected chi connectivity index (χ4v) is 2.05. The van der Waals surface area contributed by atoms with Gasteiger partial charge in [0.25, 0.3) is 5.69 Å². The zero-order valence-electron chi connectivity index (χ0n) is 13.3. The number of ether oxygens (including phenoxy) is 1. The number of methoxy groups -OCH3 is 1. The van der Waals surface area contributed by atoms with Crippen molar-refractivity contribution in [2.45, 2.75) is 6.92 Å². The van der Waals surface area contributed by atoms with Gasteiger partial charge in [0.1, 0.15) is 5.75 Å². The number of carbonyl (C=O) groups is 1. The first kappa shape index (κ1) is 17.0. The number of nitro benzene ring substituents is 1. The highest BCUT2D eigenvalue weighted by Crippen LogP contribution is 2.28. The molecule has 0 spiro atoms. The standard InChI is InChI=1S/C17H17N3O4/c1-12-4-3-5-13(10-12)8-9-18-17(21)19-15-11-14(20(22)23)6-7-16(15)24-2/h3-11H,1-2H3,(H2,18,19,21)/b9-8+. The molecule has 0 radical (unpaired) electrons. The van der Waals surface area contributed by atoms with Gasteiger partial charge in [-0.1, -0.05) is 29.8 Å². The molecule has 0 atom stereocenters. The van der Waals surface area contributed by atoms with E-state index in [2.05, 4.69) is 10.6 Å². The summed E-state index contributed by atoms with van der Waals surface area (Å²) >= 11 is 0. The van der Waals surface area contributed by atoms with Crippen LogP contribution in [0, 0.1) is 17.0 Å². The second-order valence-electron chi connectivity index (χ2n) is 4.99. The van der Waals surface area contributed by atoms with E-state index in [1.54, 1.807) is 6.08 Å². The monoisotopic (exact) mass is 327 g/mol. The maximum Gasteiger partial charge on any atom is 0.323 e. The quantitative estimate of drug-likeness (QED) is 0.646. The Bertz CT molecular complexity index is 787. The maximum absolute atomic E-state index is 11.9. The van der Waals surface area contributed by atoms with Crippen LogP contribution in [0.25, 0.3) is 6.08 Å². The van der Waals surface area contributed by atoms with Gasteiger partial charge in [-0.15, -0.1) is 0 Å². The summed E-state index contributed by atoms with van der Waals surface area (Å²) in [6.07, 6.45) is 3.24. The van der Waals surface area contributed by atoms with Crippen LogP contribution in [-0.4, -0.2) is 18.1 Å². The summed E-state index contributed by atoms with van der Waals surface area (Å²) in [6, 6.07) is 11.2. The van der Waals surface area contributed by atoms with E-state index in [4.69, 9.17) is 4.74 Å². The van der Waals surface area contributed by atoms with E-state index in [1.807, 2.05) is 31.2 Å². The van der Waals surface area contributed by atoms with Crippen LogP contribution in [0.1, 0.15) is 11.1 Å². The Morgan fingerprint density at radius 3 is 2.71 bits per heavy atom. The number of aryl methyl sites for hydroxylation is 1. The number of benzene rings is 2. The molecule has 0 unspecified atom stereocenters. The summed E-state index contributed by atoms with van der Waals surface area (Å²) in [7, 11) is 1.42. The third-order valence-electron chi connectivity index (χ3n) is 3.17. The van der Waals surface area contributed by atoms with Crippen LogP contribution < -0.4 is 15.4 Å². The maximum atomic E-state index is 11.9. The van der Waals surface area contributed by atoms with Crippen LogP contribution in [0.4, 0.5) is 16.2 Å². The number of anilines is 1. The molecule has 0 bridgehead atoms. The van der Waals surface area contributed by atoms with Gasteiger partial charge in [0.15, 0.2) is 0 Å². The van der Waals surface area contributed by atoms with Crippen molar-refractivity contribution in [2.24, 2.45) is 0 Å². The Morgan fingerprint density at radius 2 is 2.04 bits per heavy atom. The number of urea groups is 1. The molecular formula is C17H17N3O4. The predicted molar refractivity (Wildman–Crippen MR) is 92.0 cm³/mol. The summed E-state index contributed by atoms with van der Waals surface area (Å²) in [5, 5.41) is 15.9. The van der Waals surface area contributed by atoms with Crippen LogP contribution >= 0.6 is 0 Å². The Hall–Kier alpha value is -3.35. The molecule has 0 aliphatic heterocycles. The van der Waals surface area contributed by atoms with Crippen molar-refractivity contribution in [2.75, 3.05) is 12.4 Å². The van der Waals surface area contributed by atoms with Gasteiger partial charge in [-0.3, -0.25) is 10.1 Å². The molecule has 2 N–H and O–H groups in total. The van der Waals surface area contributed by atoms with E-state index in [0.29, 0.717) is 5.75 Å². The van der Waals surface area contributed by atoms with Crippen molar-refractivity contribution < 1.29 is 14.5 Å². The molecule has 0 saturated heterocycles. The molecule has 0 heterocycles. The normalized spacial score (nSPS) is 10.4. The molecule has 0 saturated carbocycles. The van der Waals surface area contributed by atoms with Crippen molar-refractivity contribution in [1.82, 2.24) is 5.32 Å². The fourth-order valence-electron chi connectivity index (χ4n) is 2.05. The van der Waals surface area contributed by atoms with Gasteiger partial charge in [-0.2, -0.15) is 0 Å². The first-order chi connectivity index (χ1) is 11.5. The van der Waals surface area contributed by atoms with Gasteiger partial charge in [-0.05, 0) is 24.6 Å². The first-order valence-electron chi connectivity index (χ1n) is 7.13. The number of rotatable bonds is 5. The molecule has 7 nitrogen and oxygen atoms in total. The highest BCUT2D eigenvalue weighted by Gasteiger charge is 2.13. The minimum atomic E-state index is -0.542. The van der Waals surface area contributed by atoms with Crippen LogP contribution in [0.3, 0.4) is 0 Å². The van der Waals surface area contributed by atoms with Crippen molar-refractivity contribution in [3.63, 3.8) is 0 Å². The number of nitro groups is 1. The smallest absolute Gasteiger partial charge is 0.323 e. The van der Waals surface area contributed by atoms with Gasteiger partial charge < -0.3 is 15.4 Å². The van der Waals surface area contributed by atoms with Gasteiger partial charge >= 0.3 is 6.03 Å². The lowest BCUT2D eigenvalue weighted by atomic mass is 10.1. The summed E-state index contributed by atoms with van der Waals surface area (Å²) in [4.78, 5) is 22.2. The largest absolute Gasteiger partial charge is 0.495 e. The van der Waals surface area contributed by atoms with E-state index < -0.39 is 11.0 Å². The predicted octanol–water partition coefficient (Wildman–Crippen LogP) is 3.70. The molecule has 2 aromatic rings. The Balaban J connectivity index is 2.04. The van der Waals surface area contributed by atoms with Crippen LogP contribution in [-0.2, 0) is 0 Å². The highest BCUT2D eigenvalue weighted by molar-refractivity contribution is 5.92. The molecule has 24 heavy (non-hydrogen) atoms. The highest BCUT2D eigenvalue weighted by atomic mass is 16.6. The molecule has 0 fully saturated rings. The van der Waals surface area contributed by atoms with E-state index in [1.165, 1.54) is 31.5 Å². The van der Waals surface area contributed by atoms with E-state index in [9.17, 15) is 14.9 Å². The third-order valence-corrected chi connectivity index (χ3v) is 3.17. The van der Waals surface area contributed by atoms with Crippen molar-refractivity contribution in [3.05, 3.63) is 69.9 Å².